The van der Waals surface area contributed by atoms with Crippen LogP contribution in [0.25, 0.3) is 0 Å². The van der Waals surface area contributed by atoms with E-state index in [0.29, 0.717) is 17.2 Å². The predicted molar refractivity (Wildman–Crippen MR) is 111 cm³/mol. The molecule has 29 heavy (non-hydrogen) atoms. The number of carbonyl (C=O) groups is 3. The fraction of sp³-hybridized carbons (Fsp3) is 0.348. The summed E-state index contributed by atoms with van der Waals surface area (Å²) in [6, 6.07) is 15.4. The number of nitrogens with one attached hydrogen (secondary N) is 2. The molecule has 0 heterocycles. The summed E-state index contributed by atoms with van der Waals surface area (Å²) in [6.45, 7) is 1.78. The van der Waals surface area contributed by atoms with Crippen molar-refractivity contribution >= 4 is 23.5 Å². The lowest BCUT2D eigenvalue weighted by Gasteiger charge is -2.29. The molecule has 0 spiro atoms. The van der Waals surface area contributed by atoms with Crippen molar-refractivity contribution < 1.29 is 19.1 Å². The average molecular weight is 394 g/mol. The van der Waals surface area contributed by atoms with E-state index >= 15 is 0 Å². The highest BCUT2D eigenvalue weighted by Crippen LogP contribution is 2.23. The Labute approximate surface area is 170 Å². The van der Waals surface area contributed by atoms with Crippen molar-refractivity contribution in [2.75, 3.05) is 11.9 Å². The molecule has 0 aromatic heterocycles. The number of hydrogen-bond acceptors (Lipinski definition) is 4. The van der Waals surface area contributed by atoms with Crippen molar-refractivity contribution in [2.24, 2.45) is 5.92 Å². The van der Waals surface area contributed by atoms with Crippen molar-refractivity contribution in [1.82, 2.24) is 5.32 Å². The minimum Gasteiger partial charge on any atom is -0.452 e. The first-order valence-corrected chi connectivity index (χ1v) is 9.96. The Kier molecular flexibility index (Phi) is 7.00. The molecule has 152 valence electrons. The topological polar surface area (TPSA) is 84.5 Å². The largest absolute Gasteiger partial charge is 0.452 e. The van der Waals surface area contributed by atoms with E-state index in [1.807, 2.05) is 6.07 Å². The molecule has 0 aliphatic heterocycles. The smallest absolute Gasteiger partial charge is 0.340 e. The zero-order valence-corrected chi connectivity index (χ0v) is 16.5. The molecule has 6 nitrogen and oxygen atoms in total. The van der Waals surface area contributed by atoms with Gasteiger partial charge in [-0.15, -0.1) is 0 Å². The molecule has 1 aliphatic carbocycles. The molecule has 0 bridgehead atoms. The van der Waals surface area contributed by atoms with Gasteiger partial charge in [0.2, 0.25) is 0 Å². The highest BCUT2D eigenvalue weighted by atomic mass is 16.5. The third-order valence-electron chi connectivity index (χ3n) is 5.22. The van der Waals surface area contributed by atoms with E-state index in [-0.39, 0.29) is 30.0 Å². The summed E-state index contributed by atoms with van der Waals surface area (Å²) in [6.07, 6.45) is 4.34. The van der Waals surface area contributed by atoms with Crippen LogP contribution in [0.2, 0.25) is 0 Å². The van der Waals surface area contributed by atoms with Gasteiger partial charge in [0.15, 0.2) is 6.61 Å². The van der Waals surface area contributed by atoms with Gasteiger partial charge in [-0.2, -0.15) is 0 Å². The Morgan fingerprint density at radius 2 is 1.66 bits per heavy atom. The fourth-order valence-electron chi connectivity index (χ4n) is 3.54. The standard InChI is InChI=1S/C23H26N2O4/c1-16-9-5-7-13-19(16)24-21(26)15-29-23(28)18-12-6-8-14-20(18)25-22(27)17-10-3-2-4-11-17/h2-4,6,8,10-12,14,16,19H,5,7,9,13,15H2,1H3,(H,24,26)(H,25,27)/t16-,19+/m1/s1. The maximum absolute atomic E-state index is 12.5. The molecule has 1 aliphatic rings. The molecule has 1 fully saturated rings. The Hall–Kier alpha value is -3.15. The van der Waals surface area contributed by atoms with Gasteiger partial charge in [0.25, 0.3) is 11.8 Å². The van der Waals surface area contributed by atoms with E-state index in [1.165, 1.54) is 6.42 Å². The Bertz CT molecular complexity index is 866. The minimum absolute atomic E-state index is 0.132. The van der Waals surface area contributed by atoms with Crippen LogP contribution < -0.4 is 10.6 Å². The van der Waals surface area contributed by atoms with Gasteiger partial charge in [-0.25, -0.2) is 4.79 Å². The van der Waals surface area contributed by atoms with Crippen LogP contribution in [-0.4, -0.2) is 30.4 Å². The van der Waals surface area contributed by atoms with Crippen LogP contribution in [0.1, 0.15) is 53.3 Å². The minimum atomic E-state index is -0.652. The summed E-state index contributed by atoms with van der Waals surface area (Å²) in [4.78, 5) is 37.1. The first kappa shape index (κ1) is 20.6. The monoisotopic (exact) mass is 394 g/mol. The van der Waals surface area contributed by atoms with Gasteiger partial charge in [0.1, 0.15) is 0 Å². The SMILES string of the molecule is C[C@@H]1CCCC[C@@H]1NC(=O)COC(=O)c1ccccc1NC(=O)c1ccccc1. The van der Waals surface area contributed by atoms with Crippen molar-refractivity contribution in [2.45, 2.75) is 38.6 Å². The van der Waals surface area contributed by atoms with Crippen LogP contribution in [0.3, 0.4) is 0 Å². The normalized spacial score (nSPS) is 18.5. The Morgan fingerprint density at radius 1 is 0.966 bits per heavy atom. The number of amides is 2. The third-order valence-corrected chi connectivity index (χ3v) is 5.22. The second kappa shape index (κ2) is 9.87. The number of ether oxygens (including phenoxy) is 1. The molecule has 2 N–H and O–H groups in total. The maximum Gasteiger partial charge on any atom is 0.340 e. The second-order valence-electron chi connectivity index (χ2n) is 7.38. The van der Waals surface area contributed by atoms with E-state index in [4.69, 9.17) is 4.74 Å². The van der Waals surface area contributed by atoms with Gasteiger partial charge in [0.05, 0.1) is 11.3 Å². The van der Waals surface area contributed by atoms with Crippen LogP contribution >= 0.6 is 0 Å². The van der Waals surface area contributed by atoms with Gasteiger partial charge in [-0.3, -0.25) is 9.59 Å². The first-order valence-electron chi connectivity index (χ1n) is 9.96. The number of anilines is 1. The van der Waals surface area contributed by atoms with E-state index in [1.54, 1.807) is 48.5 Å². The number of benzene rings is 2. The number of rotatable bonds is 6. The summed E-state index contributed by atoms with van der Waals surface area (Å²) in [7, 11) is 0. The van der Waals surface area contributed by atoms with E-state index in [9.17, 15) is 14.4 Å². The van der Waals surface area contributed by atoms with E-state index in [0.717, 1.165) is 19.3 Å². The van der Waals surface area contributed by atoms with Crippen molar-refractivity contribution in [3.8, 4) is 0 Å². The van der Waals surface area contributed by atoms with Gasteiger partial charge >= 0.3 is 5.97 Å². The van der Waals surface area contributed by atoms with Gasteiger partial charge in [0, 0.05) is 11.6 Å². The molecule has 0 saturated heterocycles. The molecule has 2 aromatic carbocycles. The molecule has 0 radical (unpaired) electrons. The molecule has 3 rings (SSSR count). The molecule has 0 unspecified atom stereocenters. The summed E-state index contributed by atoms with van der Waals surface area (Å²) in [5.74, 6) is -0.851. The Morgan fingerprint density at radius 3 is 2.41 bits per heavy atom. The summed E-state index contributed by atoms with van der Waals surface area (Å²) in [5, 5.41) is 5.68. The molecule has 2 amide bonds. The van der Waals surface area contributed by atoms with Gasteiger partial charge in [-0.1, -0.05) is 50.1 Å². The molecular weight excluding hydrogens is 368 g/mol. The zero-order chi connectivity index (χ0) is 20.6. The van der Waals surface area contributed by atoms with Crippen molar-refractivity contribution in [1.29, 1.82) is 0 Å². The van der Waals surface area contributed by atoms with Crippen LogP contribution in [-0.2, 0) is 9.53 Å². The lowest BCUT2D eigenvalue weighted by Crippen LogP contribution is -2.42. The third kappa shape index (κ3) is 5.67. The predicted octanol–water partition coefficient (Wildman–Crippen LogP) is 3.79. The quantitative estimate of drug-likeness (QED) is 0.730. The average Bonchev–Trinajstić information content (AvgIpc) is 2.74. The van der Waals surface area contributed by atoms with Gasteiger partial charge < -0.3 is 15.4 Å². The number of esters is 1. The first-order chi connectivity index (χ1) is 14.0. The summed E-state index contributed by atoms with van der Waals surface area (Å²) < 4.78 is 5.19. The number of carbonyl (C=O) groups excluding carboxylic acids is 3. The van der Waals surface area contributed by atoms with Crippen LogP contribution in [0.5, 0.6) is 0 Å². The highest BCUT2D eigenvalue weighted by Gasteiger charge is 2.23. The molecule has 2 aromatic rings. The van der Waals surface area contributed by atoms with Crippen molar-refractivity contribution in [3.63, 3.8) is 0 Å². The lowest BCUT2D eigenvalue weighted by molar-refractivity contribution is -0.125. The van der Waals surface area contributed by atoms with Gasteiger partial charge in [-0.05, 0) is 43.0 Å². The van der Waals surface area contributed by atoms with Crippen LogP contribution in [0, 0.1) is 5.92 Å². The molecular formula is C23H26N2O4. The summed E-state index contributed by atoms with van der Waals surface area (Å²) in [5.41, 5.74) is 1.03. The van der Waals surface area contributed by atoms with Crippen LogP contribution in [0.15, 0.2) is 54.6 Å². The zero-order valence-electron chi connectivity index (χ0n) is 16.5. The summed E-state index contributed by atoms with van der Waals surface area (Å²) >= 11 is 0. The van der Waals surface area contributed by atoms with Crippen molar-refractivity contribution in [3.05, 3.63) is 65.7 Å². The Balaban J connectivity index is 1.58. The molecule has 2 atom stereocenters. The number of para-hydroxylation sites is 1. The lowest BCUT2D eigenvalue weighted by atomic mass is 9.86. The highest BCUT2D eigenvalue weighted by molar-refractivity contribution is 6.08. The molecule has 6 heteroatoms. The maximum atomic E-state index is 12.5. The number of hydrogen-bond donors (Lipinski definition) is 2. The van der Waals surface area contributed by atoms with E-state index in [2.05, 4.69) is 17.6 Å². The van der Waals surface area contributed by atoms with Crippen LogP contribution in [0.4, 0.5) is 5.69 Å². The second-order valence-corrected chi connectivity index (χ2v) is 7.38. The molecule has 1 saturated carbocycles. The van der Waals surface area contributed by atoms with E-state index < -0.39 is 5.97 Å². The fourth-order valence-corrected chi connectivity index (χ4v) is 3.54.